The molecule has 0 saturated heterocycles. The minimum absolute atomic E-state index is 0.145. The van der Waals surface area contributed by atoms with Crippen LogP contribution in [0.15, 0.2) is 50.6 Å². The van der Waals surface area contributed by atoms with Crippen LogP contribution in [-0.4, -0.2) is 33.4 Å². The number of esters is 1. The first-order chi connectivity index (χ1) is 13.5. The van der Waals surface area contributed by atoms with Crippen LogP contribution < -0.4 is 14.2 Å². The van der Waals surface area contributed by atoms with Crippen LogP contribution in [0.2, 0.25) is 0 Å². The highest BCUT2D eigenvalue weighted by Crippen LogP contribution is 2.39. The highest BCUT2D eigenvalue weighted by Gasteiger charge is 2.20. The Morgan fingerprint density at radius 3 is 2.54 bits per heavy atom. The number of carbonyl (C=O) groups excluding carboxylic acids is 1. The average Bonchev–Trinajstić information content (AvgIpc) is 2.71. The van der Waals surface area contributed by atoms with Crippen molar-refractivity contribution in [1.82, 2.24) is 0 Å². The highest BCUT2D eigenvalue weighted by atomic mass is 79.9. The summed E-state index contributed by atoms with van der Waals surface area (Å²) in [6, 6.07) is 8.92. The van der Waals surface area contributed by atoms with Crippen molar-refractivity contribution < 1.29 is 23.7 Å². The van der Waals surface area contributed by atoms with Crippen LogP contribution in [0, 0.1) is 0 Å². The molecule has 28 heavy (non-hydrogen) atoms. The Kier molecular flexibility index (Phi) is 6.30. The third kappa shape index (κ3) is 4.33. The topological polar surface area (TPSA) is 78.7 Å². The first kappa shape index (κ1) is 19.9. The summed E-state index contributed by atoms with van der Waals surface area (Å²) >= 11 is 3.40. The van der Waals surface area contributed by atoms with E-state index in [-0.39, 0.29) is 6.61 Å². The largest absolute Gasteiger partial charge is 0.494 e. The molecule has 0 aliphatic carbocycles. The van der Waals surface area contributed by atoms with Gasteiger partial charge in [0.25, 0.3) is 0 Å². The zero-order chi connectivity index (χ0) is 20.1. The van der Waals surface area contributed by atoms with Crippen molar-refractivity contribution in [2.45, 2.75) is 6.92 Å². The van der Waals surface area contributed by atoms with Crippen molar-refractivity contribution in [3.63, 3.8) is 0 Å². The van der Waals surface area contributed by atoms with Crippen LogP contribution >= 0.6 is 15.9 Å². The Hall–Kier alpha value is -2.87. The number of azo groups is 1. The van der Waals surface area contributed by atoms with Crippen molar-refractivity contribution in [3.05, 3.63) is 45.9 Å². The van der Waals surface area contributed by atoms with E-state index < -0.39 is 5.97 Å². The first-order valence-electron chi connectivity index (χ1n) is 8.53. The molecule has 7 nitrogen and oxygen atoms in total. The minimum atomic E-state index is -0.397. The zero-order valence-corrected chi connectivity index (χ0v) is 17.3. The van der Waals surface area contributed by atoms with Gasteiger partial charge in [0.1, 0.15) is 35.2 Å². The highest BCUT2D eigenvalue weighted by molar-refractivity contribution is 9.10. The van der Waals surface area contributed by atoms with Crippen LogP contribution in [0.25, 0.3) is 6.08 Å². The van der Waals surface area contributed by atoms with Crippen LogP contribution in [0.5, 0.6) is 17.2 Å². The molecule has 0 bridgehead atoms. The normalized spacial score (nSPS) is 12.8. The van der Waals surface area contributed by atoms with E-state index in [4.69, 9.17) is 18.9 Å². The maximum absolute atomic E-state index is 12.0. The lowest BCUT2D eigenvalue weighted by molar-refractivity contribution is -0.138. The molecular weight excluding hydrogens is 428 g/mol. The van der Waals surface area contributed by atoms with Gasteiger partial charge in [-0.1, -0.05) is 15.9 Å². The van der Waals surface area contributed by atoms with E-state index in [1.807, 2.05) is 6.07 Å². The molecule has 0 N–H and O–H groups in total. The number of rotatable bonds is 6. The van der Waals surface area contributed by atoms with Gasteiger partial charge in [-0.3, -0.25) is 0 Å². The fourth-order valence-electron chi connectivity index (χ4n) is 2.61. The quantitative estimate of drug-likeness (QED) is 0.448. The molecule has 0 fully saturated rings. The number of benzene rings is 2. The summed E-state index contributed by atoms with van der Waals surface area (Å²) in [5.41, 5.74) is 2.21. The molecule has 0 saturated carbocycles. The van der Waals surface area contributed by atoms with Crippen molar-refractivity contribution in [2.75, 3.05) is 27.4 Å². The van der Waals surface area contributed by atoms with Crippen molar-refractivity contribution in [1.29, 1.82) is 0 Å². The second kappa shape index (κ2) is 8.88. The number of hydrogen-bond donors (Lipinski definition) is 0. The second-order valence-electron chi connectivity index (χ2n) is 5.76. The molecule has 1 aliphatic rings. The van der Waals surface area contributed by atoms with E-state index in [9.17, 15) is 4.79 Å². The standard InChI is InChI=1S/C20H19BrN2O5/c1-4-27-20(24)13-7-12-8-16(19(26-3)10-17(12)28-11-13)23-22-15-6-5-14(21)9-18(15)25-2/h5-10H,4,11H2,1-3H3. The predicted octanol–water partition coefficient (Wildman–Crippen LogP) is 5.22. The zero-order valence-electron chi connectivity index (χ0n) is 15.7. The fourth-order valence-corrected chi connectivity index (χ4v) is 2.95. The van der Waals surface area contributed by atoms with Gasteiger partial charge in [-0.15, -0.1) is 10.2 Å². The van der Waals surface area contributed by atoms with Crippen LogP contribution in [0.1, 0.15) is 12.5 Å². The fraction of sp³-hybridized carbons (Fsp3) is 0.250. The predicted molar refractivity (Wildman–Crippen MR) is 108 cm³/mol. The van der Waals surface area contributed by atoms with E-state index in [1.54, 1.807) is 51.5 Å². The maximum Gasteiger partial charge on any atom is 0.337 e. The minimum Gasteiger partial charge on any atom is -0.494 e. The van der Waals surface area contributed by atoms with E-state index >= 15 is 0 Å². The molecule has 0 spiro atoms. The third-order valence-corrected chi connectivity index (χ3v) is 4.46. The lowest BCUT2D eigenvalue weighted by atomic mass is 10.1. The maximum atomic E-state index is 12.0. The molecular formula is C20H19BrN2O5. The third-order valence-electron chi connectivity index (χ3n) is 3.97. The first-order valence-corrected chi connectivity index (χ1v) is 9.32. The van der Waals surface area contributed by atoms with Gasteiger partial charge in [0, 0.05) is 16.1 Å². The van der Waals surface area contributed by atoms with E-state index in [2.05, 4.69) is 26.2 Å². The molecule has 8 heteroatoms. The Morgan fingerprint density at radius 1 is 1.11 bits per heavy atom. The molecule has 0 atom stereocenters. The molecule has 146 valence electrons. The molecule has 2 aromatic carbocycles. The number of nitrogens with zero attached hydrogens (tertiary/aromatic N) is 2. The molecule has 0 aromatic heterocycles. The van der Waals surface area contributed by atoms with Crippen molar-refractivity contribution in [2.24, 2.45) is 10.2 Å². The van der Waals surface area contributed by atoms with Gasteiger partial charge in [-0.05, 0) is 37.3 Å². The molecule has 3 rings (SSSR count). The molecule has 0 radical (unpaired) electrons. The number of ether oxygens (including phenoxy) is 4. The Bertz CT molecular complexity index is 956. The van der Waals surface area contributed by atoms with Gasteiger partial charge in [0.05, 0.1) is 26.4 Å². The summed E-state index contributed by atoms with van der Waals surface area (Å²) in [5.74, 6) is 1.30. The van der Waals surface area contributed by atoms with E-state index in [1.165, 1.54) is 0 Å². The lowest BCUT2D eigenvalue weighted by Crippen LogP contribution is -2.17. The van der Waals surface area contributed by atoms with Crippen LogP contribution in [-0.2, 0) is 9.53 Å². The Morgan fingerprint density at radius 2 is 1.82 bits per heavy atom. The Labute approximate surface area is 171 Å². The van der Waals surface area contributed by atoms with Gasteiger partial charge in [-0.2, -0.15) is 0 Å². The molecule has 2 aromatic rings. The molecule has 1 aliphatic heterocycles. The molecule has 0 amide bonds. The number of carbonyl (C=O) groups is 1. The van der Waals surface area contributed by atoms with Gasteiger partial charge in [0.15, 0.2) is 0 Å². The number of halogens is 1. The summed E-state index contributed by atoms with van der Waals surface area (Å²) in [5, 5.41) is 8.58. The smallest absolute Gasteiger partial charge is 0.337 e. The SMILES string of the molecule is CCOC(=O)C1=Cc2cc(N=Nc3ccc(Br)cc3OC)c(OC)cc2OC1. The van der Waals surface area contributed by atoms with Gasteiger partial charge in [-0.25, -0.2) is 4.79 Å². The molecule has 0 unspecified atom stereocenters. The van der Waals surface area contributed by atoms with Crippen molar-refractivity contribution >= 4 is 39.4 Å². The van der Waals surface area contributed by atoms with Gasteiger partial charge >= 0.3 is 5.97 Å². The number of hydrogen-bond acceptors (Lipinski definition) is 7. The van der Waals surface area contributed by atoms with Crippen LogP contribution in [0.4, 0.5) is 11.4 Å². The number of methoxy groups -OCH3 is 2. The average molecular weight is 447 g/mol. The number of fused-ring (bicyclic) bond motifs is 1. The monoisotopic (exact) mass is 446 g/mol. The van der Waals surface area contributed by atoms with E-state index in [0.29, 0.717) is 46.4 Å². The summed E-state index contributed by atoms with van der Waals surface area (Å²) < 4.78 is 22.3. The summed E-state index contributed by atoms with van der Waals surface area (Å²) in [6.45, 7) is 2.21. The van der Waals surface area contributed by atoms with Crippen molar-refractivity contribution in [3.8, 4) is 17.2 Å². The van der Waals surface area contributed by atoms with Crippen LogP contribution in [0.3, 0.4) is 0 Å². The summed E-state index contributed by atoms with van der Waals surface area (Å²) in [6.07, 6.45) is 1.73. The molecule has 1 heterocycles. The van der Waals surface area contributed by atoms with Gasteiger partial charge in [0.2, 0.25) is 0 Å². The van der Waals surface area contributed by atoms with E-state index in [0.717, 1.165) is 4.47 Å². The summed E-state index contributed by atoms with van der Waals surface area (Å²) in [7, 11) is 3.11. The lowest BCUT2D eigenvalue weighted by Gasteiger charge is -2.18. The second-order valence-corrected chi connectivity index (χ2v) is 6.67. The van der Waals surface area contributed by atoms with Gasteiger partial charge < -0.3 is 18.9 Å². The summed E-state index contributed by atoms with van der Waals surface area (Å²) in [4.78, 5) is 12.0. The Balaban J connectivity index is 1.97.